The second kappa shape index (κ2) is 10.3. The van der Waals surface area contributed by atoms with Crippen molar-refractivity contribution in [2.45, 2.75) is 78.5 Å². The number of ether oxygens (including phenoxy) is 3. The van der Waals surface area contributed by atoms with Gasteiger partial charge >= 0.3 is 11.9 Å². The van der Waals surface area contributed by atoms with Crippen LogP contribution in [0.25, 0.3) is 0 Å². The van der Waals surface area contributed by atoms with Gasteiger partial charge in [0.05, 0.1) is 25.2 Å². The van der Waals surface area contributed by atoms with Crippen LogP contribution in [0.15, 0.2) is 42.0 Å². The molecule has 2 atom stereocenters. The molecular formula is C25H38O6Si. The van der Waals surface area contributed by atoms with Gasteiger partial charge in [-0.15, -0.1) is 0 Å². The zero-order valence-electron chi connectivity index (χ0n) is 20.7. The topological polar surface area (TPSA) is 71.1 Å². The minimum atomic E-state index is -2.04. The van der Waals surface area contributed by atoms with Gasteiger partial charge in [-0.05, 0) is 44.5 Å². The molecule has 1 heterocycles. The molecule has 0 aliphatic carbocycles. The van der Waals surface area contributed by atoms with E-state index in [0.29, 0.717) is 12.2 Å². The van der Waals surface area contributed by atoms with Gasteiger partial charge < -0.3 is 18.6 Å². The molecule has 0 unspecified atom stereocenters. The van der Waals surface area contributed by atoms with Crippen molar-refractivity contribution in [3.8, 4) is 0 Å². The molecule has 0 bridgehead atoms. The quantitative estimate of drug-likeness (QED) is 0.378. The number of carbonyl (C=O) groups is 2. The van der Waals surface area contributed by atoms with Crippen molar-refractivity contribution in [1.29, 1.82) is 0 Å². The first-order valence-corrected chi connectivity index (χ1v) is 14.0. The molecule has 1 aromatic rings. The Bertz CT molecular complexity index is 817. The first-order valence-electron chi connectivity index (χ1n) is 11.1. The molecule has 7 heteroatoms. The monoisotopic (exact) mass is 462 g/mol. The van der Waals surface area contributed by atoms with Gasteiger partial charge in [0.2, 0.25) is 0 Å². The molecule has 0 aromatic heterocycles. The Balaban J connectivity index is 2.14. The standard InChI is InChI=1S/C25H38O6Si/c1-24(2,3)23(27)30-20(17-28-15-18-12-10-9-11-13-18)22-19(14-21(26)31-22)16-29-32(7,8)25(4,5)6/h9-14,20,22H,15-17H2,1-8H3/t20-,22-/m0/s1. The van der Waals surface area contributed by atoms with E-state index < -0.39 is 31.9 Å². The summed E-state index contributed by atoms with van der Waals surface area (Å²) in [6.07, 6.45) is -0.0343. The molecule has 1 aliphatic heterocycles. The summed E-state index contributed by atoms with van der Waals surface area (Å²) in [7, 11) is -2.04. The maximum Gasteiger partial charge on any atom is 0.331 e. The highest BCUT2D eigenvalue weighted by atomic mass is 28.4. The number of carbonyl (C=O) groups excluding carboxylic acids is 2. The molecule has 2 rings (SSSR count). The highest BCUT2D eigenvalue weighted by Gasteiger charge is 2.41. The van der Waals surface area contributed by atoms with Gasteiger partial charge in [0.1, 0.15) is 0 Å². The summed E-state index contributed by atoms with van der Waals surface area (Å²) >= 11 is 0. The molecule has 0 saturated heterocycles. The van der Waals surface area contributed by atoms with Crippen LogP contribution in [0.1, 0.15) is 47.1 Å². The Kier molecular flexibility index (Phi) is 8.48. The Morgan fingerprint density at radius 3 is 2.25 bits per heavy atom. The smallest absolute Gasteiger partial charge is 0.331 e. The fraction of sp³-hybridized carbons (Fsp3) is 0.600. The Labute approximate surface area is 193 Å². The van der Waals surface area contributed by atoms with E-state index in [4.69, 9.17) is 18.6 Å². The van der Waals surface area contributed by atoms with E-state index in [-0.39, 0.29) is 24.2 Å². The molecule has 1 aromatic carbocycles. The van der Waals surface area contributed by atoms with E-state index in [1.54, 1.807) is 20.8 Å². The van der Waals surface area contributed by atoms with Crippen LogP contribution in [-0.2, 0) is 34.8 Å². The predicted octanol–water partition coefficient (Wildman–Crippen LogP) is 5.03. The molecular weight excluding hydrogens is 424 g/mol. The normalized spacial score (nSPS) is 18.2. The van der Waals surface area contributed by atoms with Gasteiger partial charge in [-0.3, -0.25) is 4.79 Å². The van der Waals surface area contributed by atoms with E-state index in [9.17, 15) is 9.59 Å². The molecule has 178 valence electrons. The second-order valence-electron chi connectivity index (χ2n) is 10.8. The third-order valence-corrected chi connectivity index (χ3v) is 10.4. The summed E-state index contributed by atoms with van der Waals surface area (Å²) in [5.74, 6) is -0.831. The van der Waals surface area contributed by atoms with Crippen molar-refractivity contribution in [2.75, 3.05) is 13.2 Å². The Hall–Kier alpha value is -1.96. The molecule has 6 nitrogen and oxygen atoms in total. The van der Waals surface area contributed by atoms with E-state index in [0.717, 1.165) is 5.56 Å². The van der Waals surface area contributed by atoms with Crippen molar-refractivity contribution in [1.82, 2.24) is 0 Å². The summed E-state index contributed by atoms with van der Waals surface area (Å²) in [6, 6.07) is 9.74. The van der Waals surface area contributed by atoms with Gasteiger partial charge in [0.25, 0.3) is 0 Å². The predicted molar refractivity (Wildman–Crippen MR) is 127 cm³/mol. The fourth-order valence-corrected chi connectivity index (χ4v) is 3.71. The van der Waals surface area contributed by atoms with Gasteiger partial charge in [0, 0.05) is 11.6 Å². The summed E-state index contributed by atoms with van der Waals surface area (Å²) in [5.41, 5.74) is 0.991. The van der Waals surface area contributed by atoms with Crippen molar-refractivity contribution in [3.63, 3.8) is 0 Å². The highest BCUT2D eigenvalue weighted by Crippen LogP contribution is 2.37. The van der Waals surface area contributed by atoms with Crippen LogP contribution in [0.2, 0.25) is 18.1 Å². The van der Waals surface area contributed by atoms with Crippen LogP contribution in [0.4, 0.5) is 0 Å². The maximum atomic E-state index is 12.6. The van der Waals surface area contributed by atoms with Gasteiger partial charge in [-0.2, -0.15) is 0 Å². The van der Waals surface area contributed by atoms with Crippen molar-refractivity contribution in [3.05, 3.63) is 47.5 Å². The molecule has 32 heavy (non-hydrogen) atoms. The summed E-state index contributed by atoms with van der Waals surface area (Å²) in [4.78, 5) is 24.8. The number of hydrogen-bond donors (Lipinski definition) is 0. The van der Waals surface area contributed by atoms with Crippen LogP contribution in [0, 0.1) is 5.41 Å². The van der Waals surface area contributed by atoms with Gasteiger partial charge in [0.15, 0.2) is 20.5 Å². The van der Waals surface area contributed by atoms with Crippen molar-refractivity contribution < 1.29 is 28.2 Å². The molecule has 0 fully saturated rings. The highest BCUT2D eigenvalue weighted by molar-refractivity contribution is 6.74. The van der Waals surface area contributed by atoms with Crippen molar-refractivity contribution >= 4 is 20.3 Å². The lowest BCUT2D eigenvalue weighted by Crippen LogP contribution is -2.44. The average Bonchev–Trinajstić information content (AvgIpc) is 3.05. The second-order valence-corrected chi connectivity index (χ2v) is 15.6. The van der Waals surface area contributed by atoms with E-state index >= 15 is 0 Å². The number of cyclic esters (lactones) is 1. The zero-order chi connectivity index (χ0) is 24.2. The number of hydrogen-bond acceptors (Lipinski definition) is 6. The third-order valence-electron chi connectivity index (χ3n) is 5.92. The van der Waals surface area contributed by atoms with Crippen LogP contribution >= 0.6 is 0 Å². The Morgan fingerprint density at radius 1 is 1.06 bits per heavy atom. The molecule has 0 saturated carbocycles. The minimum absolute atomic E-state index is 0.0312. The fourth-order valence-electron chi connectivity index (χ4n) is 2.75. The first kappa shape index (κ1) is 26.3. The lowest BCUT2D eigenvalue weighted by Gasteiger charge is -2.37. The van der Waals surface area contributed by atoms with E-state index in [2.05, 4.69) is 33.9 Å². The van der Waals surface area contributed by atoms with Crippen LogP contribution in [0.3, 0.4) is 0 Å². The van der Waals surface area contributed by atoms with Gasteiger partial charge in [-0.25, -0.2) is 4.79 Å². The zero-order valence-corrected chi connectivity index (χ0v) is 21.7. The summed E-state index contributed by atoms with van der Waals surface area (Å²) < 4.78 is 23.5. The van der Waals surface area contributed by atoms with Crippen LogP contribution in [-0.4, -0.2) is 45.7 Å². The third kappa shape index (κ3) is 7.29. The van der Waals surface area contributed by atoms with Crippen molar-refractivity contribution in [2.24, 2.45) is 5.41 Å². The molecule has 0 radical (unpaired) electrons. The largest absolute Gasteiger partial charge is 0.455 e. The Morgan fingerprint density at radius 2 is 1.69 bits per heavy atom. The van der Waals surface area contributed by atoms with Crippen LogP contribution < -0.4 is 0 Å². The molecule has 0 amide bonds. The number of rotatable bonds is 9. The lowest BCUT2D eigenvalue weighted by atomic mass is 9.97. The molecule has 0 N–H and O–H groups in total. The number of benzene rings is 1. The van der Waals surface area contributed by atoms with E-state index in [1.165, 1.54) is 6.08 Å². The lowest BCUT2D eigenvalue weighted by molar-refractivity contribution is -0.172. The summed E-state index contributed by atoms with van der Waals surface area (Å²) in [5, 5.41) is 0.0312. The first-order chi connectivity index (χ1) is 14.7. The molecule has 0 spiro atoms. The maximum absolute atomic E-state index is 12.6. The number of esters is 2. The van der Waals surface area contributed by atoms with E-state index in [1.807, 2.05) is 30.3 Å². The SMILES string of the molecule is CC(C)(C)C(=O)O[C@@H](COCc1ccccc1)[C@H]1OC(=O)C=C1CO[Si](C)(C)C(C)(C)C. The minimum Gasteiger partial charge on any atom is -0.455 e. The van der Waals surface area contributed by atoms with Gasteiger partial charge in [-0.1, -0.05) is 51.1 Å². The summed E-state index contributed by atoms with van der Waals surface area (Å²) in [6.45, 7) is 16.9. The van der Waals surface area contributed by atoms with Crippen LogP contribution in [0.5, 0.6) is 0 Å². The molecule has 1 aliphatic rings. The average molecular weight is 463 g/mol.